The first-order valence-electron chi connectivity index (χ1n) is 3.83. The second-order valence-electron chi connectivity index (χ2n) is 2.77. The minimum atomic E-state index is -0.156. The van der Waals surface area contributed by atoms with Crippen molar-refractivity contribution in [2.45, 2.75) is 13.3 Å². The van der Waals surface area contributed by atoms with Gasteiger partial charge < -0.3 is 4.90 Å². The molecule has 0 spiro atoms. The highest BCUT2D eigenvalue weighted by Gasteiger charge is 2.22. The van der Waals surface area contributed by atoms with Crippen molar-refractivity contribution in [1.29, 1.82) is 0 Å². The summed E-state index contributed by atoms with van der Waals surface area (Å²) >= 11 is 0. The van der Waals surface area contributed by atoms with E-state index in [4.69, 9.17) is 0 Å². The average Bonchev–Trinajstić information content (AvgIpc) is 1.86. The second-order valence-corrected chi connectivity index (χ2v) is 2.77. The van der Waals surface area contributed by atoms with Gasteiger partial charge in [-0.1, -0.05) is 13.0 Å². The maximum absolute atomic E-state index is 11.9. The van der Waals surface area contributed by atoms with E-state index in [-0.39, 0.29) is 6.67 Å². The monoisotopic (exact) mass is 143 g/mol. The number of alkyl halides is 1. The Morgan fingerprint density at radius 1 is 1.60 bits per heavy atom. The Labute approximate surface area is 61.5 Å². The molecule has 1 aliphatic heterocycles. The fourth-order valence-electron chi connectivity index (χ4n) is 1.08. The standard InChI is InChI=1S/C8H14FN/c1-2-3-4-10-6-8(5-9)7-10/h3-4,8H,2,5-7H2,1H3. The van der Waals surface area contributed by atoms with Crippen LogP contribution in [-0.2, 0) is 0 Å². The molecule has 0 aromatic carbocycles. The average molecular weight is 143 g/mol. The molecular formula is C8H14FN. The Hall–Kier alpha value is -0.530. The third kappa shape index (κ3) is 1.72. The zero-order valence-electron chi connectivity index (χ0n) is 6.39. The number of rotatable bonds is 3. The molecule has 1 aliphatic rings. The van der Waals surface area contributed by atoms with Gasteiger partial charge in [-0.05, 0) is 12.6 Å². The molecule has 0 amide bonds. The molecule has 1 heterocycles. The van der Waals surface area contributed by atoms with Crippen molar-refractivity contribution < 1.29 is 4.39 Å². The minimum Gasteiger partial charge on any atom is -0.377 e. The van der Waals surface area contributed by atoms with Gasteiger partial charge in [0.2, 0.25) is 0 Å². The molecule has 58 valence electrons. The van der Waals surface area contributed by atoms with E-state index in [1.165, 1.54) is 0 Å². The van der Waals surface area contributed by atoms with Crippen molar-refractivity contribution in [3.63, 3.8) is 0 Å². The van der Waals surface area contributed by atoms with Crippen molar-refractivity contribution in [2.24, 2.45) is 5.92 Å². The molecule has 0 aromatic heterocycles. The second kappa shape index (κ2) is 3.59. The van der Waals surface area contributed by atoms with Crippen molar-refractivity contribution >= 4 is 0 Å². The van der Waals surface area contributed by atoms with Crippen LogP contribution in [0.25, 0.3) is 0 Å². The maximum atomic E-state index is 11.9. The third-order valence-corrected chi connectivity index (χ3v) is 1.76. The van der Waals surface area contributed by atoms with Crippen LogP contribution < -0.4 is 0 Å². The summed E-state index contributed by atoms with van der Waals surface area (Å²) in [5.41, 5.74) is 0. The maximum Gasteiger partial charge on any atom is 0.0956 e. The lowest BCUT2D eigenvalue weighted by Crippen LogP contribution is -2.43. The Morgan fingerprint density at radius 3 is 2.80 bits per heavy atom. The Morgan fingerprint density at radius 2 is 2.30 bits per heavy atom. The predicted octanol–water partition coefficient (Wildman–Crippen LogP) is 1.81. The lowest BCUT2D eigenvalue weighted by molar-refractivity contribution is 0.131. The van der Waals surface area contributed by atoms with Crippen LogP contribution in [0.3, 0.4) is 0 Å². The molecule has 0 aromatic rings. The molecule has 1 rings (SSSR count). The highest BCUT2D eigenvalue weighted by atomic mass is 19.1. The highest BCUT2D eigenvalue weighted by molar-refractivity contribution is 4.90. The van der Waals surface area contributed by atoms with Gasteiger partial charge in [-0.15, -0.1) is 0 Å². The molecule has 0 saturated carbocycles. The van der Waals surface area contributed by atoms with Crippen LogP contribution in [0, 0.1) is 5.92 Å². The SMILES string of the molecule is CCC=CN1CC(CF)C1. The normalized spacial score (nSPS) is 20.0. The van der Waals surface area contributed by atoms with Gasteiger partial charge in [-0.25, -0.2) is 0 Å². The molecule has 1 fully saturated rings. The van der Waals surface area contributed by atoms with Gasteiger partial charge in [0.05, 0.1) is 6.67 Å². The fourth-order valence-corrected chi connectivity index (χ4v) is 1.08. The van der Waals surface area contributed by atoms with E-state index in [1.54, 1.807) is 0 Å². The summed E-state index contributed by atoms with van der Waals surface area (Å²) in [5.74, 6) is 0.307. The molecule has 2 heteroatoms. The molecular weight excluding hydrogens is 129 g/mol. The lowest BCUT2D eigenvalue weighted by Gasteiger charge is -2.36. The van der Waals surface area contributed by atoms with E-state index in [1.807, 2.05) is 0 Å². The number of hydrogen-bond acceptors (Lipinski definition) is 1. The van der Waals surface area contributed by atoms with Gasteiger partial charge in [0.25, 0.3) is 0 Å². The van der Waals surface area contributed by atoms with Crippen LogP contribution in [0.2, 0.25) is 0 Å². The molecule has 0 unspecified atom stereocenters. The molecule has 0 aliphatic carbocycles. The van der Waals surface area contributed by atoms with Gasteiger partial charge in [0.15, 0.2) is 0 Å². The number of hydrogen-bond donors (Lipinski definition) is 0. The lowest BCUT2D eigenvalue weighted by atomic mass is 10.0. The number of likely N-dealkylation sites (tertiary alicyclic amines) is 1. The first-order chi connectivity index (χ1) is 4.86. The van der Waals surface area contributed by atoms with Gasteiger partial charge in [0, 0.05) is 19.0 Å². The van der Waals surface area contributed by atoms with Crippen molar-refractivity contribution in [3.8, 4) is 0 Å². The fraction of sp³-hybridized carbons (Fsp3) is 0.750. The molecule has 1 saturated heterocycles. The first kappa shape index (κ1) is 7.58. The first-order valence-corrected chi connectivity index (χ1v) is 3.83. The van der Waals surface area contributed by atoms with Crippen molar-refractivity contribution in [1.82, 2.24) is 4.90 Å². The molecule has 0 N–H and O–H groups in total. The molecule has 0 radical (unpaired) electrons. The Balaban J connectivity index is 2.08. The van der Waals surface area contributed by atoms with Crippen LogP contribution in [0.4, 0.5) is 4.39 Å². The van der Waals surface area contributed by atoms with Crippen LogP contribution in [0.5, 0.6) is 0 Å². The van der Waals surface area contributed by atoms with E-state index >= 15 is 0 Å². The molecule has 10 heavy (non-hydrogen) atoms. The molecule has 0 atom stereocenters. The Bertz CT molecular complexity index is 116. The van der Waals surface area contributed by atoms with Gasteiger partial charge in [0.1, 0.15) is 0 Å². The van der Waals surface area contributed by atoms with E-state index in [0.29, 0.717) is 5.92 Å². The minimum absolute atomic E-state index is 0.156. The summed E-state index contributed by atoms with van der Waals surface area (Å²) in [4.78, 5) is 2.15. The zero-order valence-corrected chi connectivity index (χ0v) is 6.39. The summed E-state index contributed by atoms with van der Waals surface area (Å²) in [5, 5.41) is 0. The quantitative estimate of drug-likeness (QED) is 0.582. The number of allylic oxidation sites excluding steroid dienone is 1. The molecule has 0 bridgehead atoms. The third-order valence-electron chi connectivity index (χ3n) is 1.76. The van der Waals surface area contributed by atoms with Gasteiger partial charge in [-0.2, -0.15) is 0 Å². The number of nitrogens with zero attached hydrogens (tertiary/aromatic N) is 1. The van der Waals surface area contributed by atoms with E-state index < -0.39 is 0 Å². The zero-order chi connectivity index (χ0) is 7.40. The number of halogens is 1. The summed E-state index contributed by atoms with van der Waals surface area (Å²) in [6, 6.07) is 0. The van der Waals surface area contributed by atoms with Crippen molar-refractivity contribution in [3.05, 3.63) is 12.3 Å². The van der Waals surface area contributed by atoms with Gasteiger partial charge >= 0.3 is 0 Å². The van der Waals surface area contributed by atoms with Crippen molar-refractivity contribution in [2.75, 3.05) is 19.8 Å². The topological polar surface area (TPSA) is 3.24 Å². The summed E-state index contributed by atoms with van der Waals surface area (Å²) < 4.78 is 11.9. The van der Waals surface area contributed by atoms with E-state index in [2.05, 4.69) is 24.1 Å². The van der Waals surface area contributed by atoms with Crippen LogP contribution >= 0.6 is 0 Å². The summed E-state index contributed by atoms with van der Waals surface area (Å²) in [6.45, 7) is 3.76. The summed E-state index contributed by atoms with van der Waals surface area (Å²) in [7, 11) is 0. The van der Waals surface area contributed by atoms with Gasteiger partial charge in [-0.3, -0.25) is 4.39 Å². The van der Waals surface area contributed by atoms with E-state index in [0.717, 1.165) is 19.5 Å². The smallest absolute Gasteiger partial charge is 0.0956 e. The van der Waals surface area contributed by atoms with Crippen LogP contribution in [0.1, 0.15) is 13.3 Å². The largest absolute Gasteiger partial charge is 0.377 e. The predicted molar refractivity (Wildman–Crippen MR) is 40.5 cm³/mol. The van der Waals surface area contributed by atoms with E-state index in [9.17, 15) is 4.39 Å². The van der Waals surface area contributed by atoms with Crippen LogP contribution in [-0.4, -0.2) is 24.7 Å². The summed E-state index contributed by atoms with van der Waals surface area (Å²) in [6.07, 6.45) is 5.23. The van der Waals surface area contributed by atoms with Crippen LogP contribution in [0.15, 0.2) is 12.3 Å². The Kier molecular flexibility index (Phi) is 2.72. The highest BCUT2D eigenvalue weighted by Crippen LogP contribution is 2.15. The molecule has 1 nitrogen and oxygen atoms in total.